The van der Waals surface area contributed by atoms with E-state index in [9.17, 15) is 25.2 Å². The zero-order valence-corrected chi connectivity index (χ0v) is 13.6. The van der Waals surface area contributed by atoms with Crippen LogP contribution in [0.5, 0.6) is 34.5 Å². The van der Waals surface area contributed by atoms with E-state index < -0.39 is 40.1 Å². The van der Waals surface area contributed by atoms with Gasteiger partial charge in [-0.1, -0.05) is 36.4 Å². The van der Waals surface area contributed by atoms with Crippen molar-refractivity contribution in [2.24, 2.45) is 0 Å². The molecule has 3 aromatic rings. The average molecular weight is 364 g/mol. The Kier molecular flexibility index (Phi) is 2.77. The third-order valence-corrected chi connectivity index (χ3v) is 4.95. The van der Waals surface area contributed by atoms with Crippen LogP contribution in [-0.4, -0.2) is 26.4 Å². The van der Waals surface area contributed by atoms with Gasteiger partial charge in [-0.05, 0) is 12.1 Å². The summed E-state index contributed by atoms with van der Waals surface area (Å²) in [4.78, 5) is 12.7. The summed E-state index contributed by atoms with van der Waals surface area (Å²) in [7, 11) is 0. The lowest BCUT2D eigenvalue weighted by atomic mass is 9.77. The predicted molar refractivity (Wildman–Crippen MR) is 91.4 cm³/mol. The summed E-state index contributed by atoms with van der Waals surface area (Å²) in [5.41, 5.74) is -1.38. The molecule has 0 amide bonds. The zero-order chi connectivity index (χ0) is 18.9. The Bertz CT molecular complexity index is 1100. The van der Waals surface area contributed by atoms with E-state index in [-0.39, 0.29) is 5.56 Å². The highest BCUT2D eigenvalue weighted by atomic mass is 16.6. The molecule has 5 rings (SSSR count). The van der Waals surface area contributed by atoms with Crippen LogP contribution in [0, 0.1) is 0 Å². The van der Waals surface area contributed by atoms with Crippen LogP contribution in [0.15, 0.2) is 48.5 Å². The van der Waals surface area contributed by atoms with E-state index in [1.807, 2.05) is 0 Å². The van der Waals surface area contributed by atoms with Crippen molar-refractivity contribution in [3.8, 4) is 34.5 Å². The first-order valence-corrected chi connectivity index (χ1v) is 8.07. The van der Waals surface area contributed by atoms with Crippen molar-refractivity contribution in [1.82, 2.24) is 0 Å². The van der Waals surface area contributed by atoms with Gasteiger partial charge < -0.3 is 29.9 Å². The smallest absolute Gasteiger partial charge is 0.344 e. The third-order valence-electron chi connectivity index (χ3n) is 4.95. The number of carbonyl (C=O) groups excluding carboxylic acids is 1. The maximum atomic E-state index is 12.7. The molecular weight excluding hydrogens is 352 g/mol. The Morgan fingerprint density at radius 1 is 0.704 bits per heavy atom. The molecule has 27 heavy (non-hydrogen) atoms. The number of carbonyl (C=O) groups is 1. The first-order chi connectivity index (χ1) is 13.0. The summed E-state index contributed by atoms with van der Waals surface area (Å²) < 4.78 is 11.6. The lowest BCUT2D eigenvalue weighted by Gasteiger charge is -2.36. The molecule has 7 nitrogen and oxygen atoms in total. The molecule has 7 heteroatoms. The summed E-state index contributed by atoms with van der Waals surface area (Å²) in [5, 5.41) is 40.8. The second-order valence-electron chi connectivity index (χ2n) is 6.31. The minimum atomic E-state index is -1.65. The number of rotatable bonds is 0. The van der Waals surface area contributed by atoms with Gasteiger partial charge in [0.05, 0.1) is 5.56 Å². The first kappa shape index (κ1) is 15.4. The summed E-state index contributed by atoms with van der Waals surface area (Å²) in [5.74, 6) is -3.70. The molecule has 0 aliphatic carbocycles. The van der Waals surface area contributed by atoms with Crippen molar-refractivity contribution in [3.63, 3.8) is 0 Å². The van der Waals surface area contributed by atoms with Crippen molar-refractivity contribution in [1.29, 1.82) is 0 Å². The van der Waals surface area contributed by atoms with Gasteiger partial charge in [0, 0.05) is 11.1 Å². The molecule has 0 bridgehead atoms. The van der Waals surface area contributed by atoms with Crippen LogP contribution < -0.4 is 4.74 Å². The van der Waals surface area contributed by atoms with E-state index in [4.69, 9.17) is 9.47 Å². The first-order valence-electron chi connectivity index (χ1n) is 8.07. The standard InChI is InChI=1S/C20H12O7/c21-15-13-14(16(22)18(24)17(15)23)20(27-19(13)25)9-5-1-3-7-11(9)26-12-8-4-2-6-10(12)20/h1-8,21-24H. The molecule has 1 spiro atoms. The molecule has 0 unspecified atom stereocenters. The SMILES string of the molecule is O=C1OC2(c3ccccc3Oc3ccccc32)c2c(O)c(O)c(O)c(O)c21. The van der Waals surface area contributed by atoms with E-state index in [2.05, 4.69) is 0 Å². The highest BCUT2D eigenvalue weighted by Crippen LogP contribution is 2.62. The Morgan fingerprint density at radius 2 is 1.22 bits per heavy atom. The number of benzene rings is 3. The summed E-state index contributed by atoms with van der Waals surface area (Å²) in [6.45, 7) is 0. The third kappa shape index (κ3) is 1.68. The van der Waals surface area contributed by atoms with Gasteiger partial charge in [0.2, 0.25) is 11.5 Å². The fourth-order valence-corrected chi connectivity index (χ4v) is 3.82. The zero-order valence-electron chi connectivity index (χ0n) is 13.6. The molecule has 0 atom stereocenters. The molecule has 0 aromatic heterocycles. The fraction of sp³-hybridized carbons (Fsp3) is 0.0500. The number of fused-ring (bicyclic) bond motifs is 6. The highest BCUT2D eigenvalue weighted by molar-refractivity contribution is 6.02. The Labute approximate surface area is 152 Å². The molecule has 134 valence electrons. The van der Waals surface area contributed by atoms with Crippen molar-refractivity contribution in [3.05, 3.63) is 70.8 Å². The number of aromatic hydroxyl groups is 4. The normalized spacial score (nSPS) is 15.5. The molecule has 0 fully saturated rings. The molecule has 0 saturated heterocycles. The lowest BCUT2D eigenvalue weighted by molar-refractivity contribution is 0.0219. The number of phenolic OH excluding ortho intramolecular Hbond substituents is 4. The molecule has 3 aromatic carbocycles. The number of ether oxygens (including phenoxy) is 2. The monoisotopic (exact) mass is 364 g/mol. The Morgan fingerprint density at radius 3 is 1.81 bits per heavy atom. The van der Waals surface area contributed by atoms with E-state index in [0.717, 1.165) is 0 Å². The van der Waals surface area contributed by atoms with Gasteiger partial charge in [-0.3, -0.25) is 0 Å². The maximum Gasteiger partial charge on any atom is 0.344 e. The molecule has 4 N–H and O–H groups in total. The van der Waals surface area contributed by atoms with E-state index in [1.54, 1.807) is 48.5 Å². The van der Waals surface area contributed by atoms with Gasteiger partial charge in [0.15, 0.2) is 17.1 Å². The molecule has 0 saturated carbocycles. The second kappa shape index (κ2) is 4.85. The largest absolute Gasteiger partial charge is 0.504 e. The molecule has 2 aliphatic rings. The van der Waals surface area contributed by atoms with Crippen molar-refractivity contribution in [2.75, 3.05) is 0 Å². The molecular formula is C20H12O7. The quantitative estimate of drug-likeness (QED) is 0.275. The minimum absolute atomic E-state index is 0.150. The van der Waals surface area contributed by atoms with Crippen molar-refractivity contribution < 1.29 is 34.7 Å². The van der Waals surface area contributed by atoms with Crippen LogP contribution in [0.1, 0.15) is 27.0 Å². The fourth-order valence-electron chi connectivity index (χ4n) is 3.82. The number of phenols is 4. The summed E-state index contributed by atoms with van der Waals surface area (Å²) in [6.07, 6.45) is 0. The highest BCUT2D eigenvalue weighted by Gasteiger charge is 2.57. The number of esters is 1. The second-order valence-corrected chi connectivity index (χ2v) is 6.31. The van der Waals surface area contributed by atoms with E-state index >= 15 is 0 Å². The van der Waals surface area contributed by atoms with Crippen LogP contribution in [0.4, 0.5) is 0 Å². The van der Waals surface area contributed by atoms with Crippen LogP contribution in [0.3, 0.4) is 0 Å². The Balaban J connectivity index is 1.99. The minimum Gasteiger partial charge on any atom is -0.504 e. The van der Waals surface area contributed by atoms with Gasteiger partial charge in [-0.25, -0.2) is 4.79 Å². The van der Waals surface area contributed by atoms with E-state index in [1.165, 1.54) is 0 Å². The molecule has 0 radical (unpaired) electrons. The van der Waals surface area contributed by atoms with Gasteiger partial charge in [-0.2, -0.15) is 0 Å². The van der Waals surface area contributed by atoms with Crippen LogP contribution >= 0.6 is 0 Å². The van der Waals surface area contributed by atoms with Crippen LogP contribution in [-0.2, 0) is 10.3 Å². The molecule has 2 heterocycles. The average Bonchev–Trinajstić information content (AvgIpc) is 2.98. The van der Waals surface area contributed by atoms with Gasteiger partial charge in [0.25, 0.3) is 0 Å². The summed E-state index contributed by atoms with van der Waals surface area (Å²) >= 11 is 0. The summed E-state index contributed by atoms with van der Waals surface area (Å²) in [6, 6.07) is 13.6. The van der Waals surface area contributed by atoms with Gasteiger partial charge >= 0.3 is 5.97 Å². The predicted octanol–water partition coefficient (Wildman–Crippen LogP) is 3.08. The number of para-hydroxylation sites is 2. The Hall–Kier alpha value is -3.87. The van der Waals surface area contributed by atoms with Crippen molar-refractivity contribution >= 4 is 5.97 Å². The van der Waals surface area contributed by atoms with Crippen LogP contribution in [0.25, 0.3) is 0 Å². The van der Waals surface area contributed by atoms with Crippen molar-refractivity contribution in [2.45, 2.75) is 5.60 Å². The van der Waals surface area contributed by atoms with Gasteiger partial charge in [-0.15, -0.1) is 0 Å². The number of hydrogen-bond acceptors (Lipinski definition) is 7. The van der Waals surface area contributed by atoms with E-state index in [0.29, 0.717) is 22.6 Å². The topological polar surface area (TPSA) is 116 Å². The van der Waals surface area contributed by atoms with Gasteiger partial charge in [0.1, 0.15) is 17.1 Å². The van der Waals surface area contributed by atoms with Crippen LogP contribution in [0.2, 0.25) is 0 Å². The number of hydrogen-bond donors (Lipinski definition) is 4. The molecule has 2 aliphatic heterocycles. The lowest BCUT2D eigenvalue weighted by Crippen LogP contribution is -2.33. The maximum absolute atomic E-state index is 12.7.